The number of benzene rings is 1. The van der Waals surface area contributed by atoms with Crippen LogP contribution in [0.15, 0.2) is 42.7 Å². The molecule has 5 heteroatoms. The van der Waals surface area contributed by atoms with Crippen molar-refractivity contribution in [2.24, 2.45) is 7.05 Å². The highest BCUT2D eigenvalue weighted by atomic mass is 35.5. The Hall–Kier alpha value is -2.07. The van der Waals surface area contributed by atoms with Gasteiger partial charge in [0.25, 0.3) is 0 Å². The van der Waals surface area contributed by atoms with Crippen molar-refractivity contribution in [3.05, 3.63) is 53.3 Å². The molecular weight excluding hydrogens is 250 g/mol. The van der Waals surface area contributed by atoms with E-state index < -0.39 is 0 Å². The molecule has 18 heavy (non-hydrogen) atoms. The van der Waals surface area contributed by atoms with Crippen LogP contribution in [0.3, 0.4) is 0 Å². The molecule has 0 aliphatic carbocycles. The van der Waals surface area contributed by atoms with E-state index in [-0.39, 0.29) is 5.91 Å². The molecule has 1 amide bonds. The van der Waals surface area contributed by atoms with Crippen LogP contribution in [0.2, 0.25) is 5.02 Å². The summed E-state index contributed by atoms with van der Waals surface area (Å²) in [5.41, 5.74) is 1.46. The molecule has 0 unspecified atom stereocenters. The number of carbonyl (C=O) groups is 1. The number of nitrogens with zero attached hydrogens (tertiary/aromatic N) is 2. The summed E-state index contributed by atoms with van der Waals surface area (Å²) < 4.78 is 1.67. The molecule has 0 fully saturated rings. The summed E-state index contributed by atoms with van der Waals surface area (Å²) in [6.45, 7) is 0. The van der Waals surface area contributed by atoms with Crippen LogP contribution in [0.1, 0.15) is 5.56 Å². The van der Waals surface area contributed by atoms with Crippen molar-refractivity contribution in [1.82, 2.24) is 9.78 Å². The van der Waals surface area contributed by atoms with Crippen LogP contribution in [-0.4, -0.2) is 15.7 Å². The normalized spacial score (nSPS) is 10.8. The van der Waals surface area contributed by atoms with Crippen LogP contribution >= 0.6 is 11.6 Å². The molecular formula is C13H12ClN3O. The van der Waals surface area contributed by atoms with Crippen molar-refractivity contribution < 1.29 is 4.79 Å². The van der Waals surface area contributed by atoms with Crippen molar-refractivity contribution in [2.45, 2.75) is 0 Å². The van der Waals surface area contributed by atoms with E-state index in [0.29, 0.717) is 10.7 Å². The Morgan fingerprint density at radius 3 is 2.89 bits per heavy atom. The maximum Gasteiger partial charge on any atom is 0.248 e. The smallest absolute Gasteiger partial charge is 0.248 e. The fourth-order valence-electron chi connectivity index (χ4n) is 1.44. The summed E-state index contributed by atoms with van der Waals surface area (Å²) >= 11 is 5.94. The van der Waals surface area contributed by atoms with Crippen molar-refractivity contribution in [2.75, 3.05) is 5.32 Å². The first-order chi connectivity index (χ1) is 8.65. The molecule has 1 N–H and O–H groups in total. The number of para-hydroxylation sites is 1. The van der Waals surface area contributed by atoms with Gasteiger partial charge in [0, 0.05) is 24.9 Å². The van der Waals surface area contributed by atoms with Gasteiger partial charge in [-0.3, -0.25) is 9.48 Å². The zero-order valence-electron chi connectivity index (χ0n) is 9.80. The maximum atomic E-state index is 11.7. The van der Waals surface area contributed by atoms with Crippen molar-refractivity contribution >= 4 is 29.3 Å². The molecule has 0 bridgehead atoms. The first-order valence-electron chi connectivity index (χ1n) is 5.37. The molecule has 0 aliphatic heterocycles. The minimum absolute atomic E-state index is 0.230. The largest absolute Gasteiger partial charge is 0.321 e. The number of carbonyl (C=O) groups excluding carboxylic acids is 1. The molecule has 1 aromatic carbocycles. The Labute approximate surface area is 110 Å². The number of hydrogen-bond acceptors (Lipinski definition) is 2. The quantitative estimate of drug-likeness (QED) is 0.864. The summed E-state index contributed by atoms with van der Waals surface area (Å²) in [7, 11) is 1.82. The van der Waals surface area contributed by atoms with Gasteiger partial charge in [-0.05, 0) is 18.2 Å². The van der Waals surface area contributed by atoms with Gasteiger partial charge >= 0.3 is 0 Å². The molecule has 0 radical (unpaired) electrons. The standard InChI is InChI=1S/C13H12ClN3O/c1-17-9-10(8-15-17)6-7-13(18)16-12-5-3-2-4-11(12)14/h2-9H,1H3,(H,16,18)/b7-6+. The number of rotatable bonds is 3. The number of anilines is 1. The van der Waals surface area contributed by atoms with Gasteiger partial charge in [-0.2, -0.15) is 5.10 Å². The van der Waals surface area contributed by atoms with E-state index in [4.69, 9.17) is 11.6 Å². The predicted molar refractivity (Wildman–Crippen MR) is 72.3 cm³/mol. The van der Waals surface area contributed by atoms with E-state index >= 15 is 0 Å². The Morgan fingerprint density at radius 2 is 2.22 bits per heavy atom. The second-order valence-electron chi connectivity index (χ2n) is 3.75. The van der Waals surface area contributed by atoms with Gasteiger partial charge in [-0.25, -0.2) is 0 Å². The average molecular weight is 262 g/mol. The Balaban J connectivity index is 2.01. The van der Waals surface area contributed by atoms with Gasteiger partial charge in [-0.15, -0.1) is 0 Å². The summed E-state index contributed by atoms with van der Waals surface area (Å²) in [4.78, 5) is 11.7. The second-order valence-corrected chi connectivity index (χ2v) is 4.16. The van der Waals surface area contributed by atoms with E-state index in [1.165, 1.54) is 6.08 Å². The zero-order valence-corrected chi connectivity index (χ0v) is 10.6. The van der Waals surface area contributed by atoms with E-state index in [0.717, 1.165) is 5.56 Å². The van der Waals surface area contributed by atoms with Gasteiger partial charge in [0.05, 0.1) is 16.9 Å². The lowest BCUT2D eigenvalue weighted by atomic mass is 10.3. The molecule has 4 nitrogen and oxygen atoms in total. The first-order valence-corrected chi connectivity index (χ1v) is 5.75. The van der Waals surface area contributed by atoms with Gasteiger partial charge < -0.3 is 5.32 Å². The summed E-state index contributed by atoms with van der Waals surface area (Å²) in [6, 6.07) is 7.09. The van der Waals surface area contributed by atoms with E-state index in [1.807, 2.05) is 25.4 Å². The number of halogens is 1. The van der Waals surface area contributed by atoms with Crippen LogP contribution in [-0.2, 0) is 11.8 Å². The Bertz CT molecular complexity index is 589. The minimum atomic E-state index is -0.230. The topological polar surface area (TPSA) is 46.9 Å². The lowest BCUT2D eigenvalue weighted by Gasteiger charge is -2.03. The fraction of sp³-hybridized carbons (Fsp3) is 0.0769. The number of amides is 1. The molecule has 0 spiro atoms. The van der Waals surface area contributed by atoms with Crippen LogP contribution in [0.5, 0.6) is 0 Å². The van der Waals surface area contributed by atoms with Crippen LogP contribution < -0.4 is 5.32 Å². The summed E-state index contributed by atoms with van der Waals surface area (Å²) in [5.74, 6) is -0.230. The van der Waals surface area contributed by atoms with Crippen LogP contribution in [0.25, 0.3) is 6.08 Å². The first kappa shape index (κ1) is 12.4. The van der Waals surface area contributed by atoms with Gasteiger partial charge in [0.2, 0.25) is 5.91 Å². The molecule has 92 valence electrons. The Morgan fingerprint density at radius 1 is 1.44 bits per heavy atom. The van der Waals surface area contributed by atoms with Crippen molar-refractivity contribution in [1.29, 1.82) is 0 Å². The molecule has 0 saturated carbocycles. The molecule has 0 atom stereocenters. The molecule has 2 aromatic rings. The summed E-state index contributed by atoms with van der Waals surface area (Å²) in [5, 5.41) is 7.22. The van der Waals surface area contributed by atoms with E-state index in [2.05, 4.69) is 10.4 Å². The molecule has 1 heterocycles. The number of nitrogens with one attached hydrogen (secondary N) is 1. The highest BCUT2D eigenvalue weighted by Crippen LogP contribution is 2.20. The van der Waals surface area contributed by atoms with Crippen LogP contribution in [0, 0.1) is 0 Å². The fourth-order valence-corrected chi connectivity index (χ4v) is 1.62. The van der Waals surface area contributed by atoms with E-state index in [1.54, 1.807) is 29.1 Å². The molecule has 0 aliphatic rings. The highest BCUT2D eigenvalue weighted by Gasteiger charge is 2.01. The van der Waals surface area contributed by atoms with Crippen molar-refractivity contribution in [3.63, 3.8) is 0 Å². The van der Waals surface area contributed by atoms with Gasteiger partial charge in [-0.1, -0.05) is 23.7 Å². The third-order valence-electron chi connectivity index (χ3n) is 2.28. The van der Waals surface area contributed by atoms with Crippen molar-refractivity contribution in [3.8, 4) is 0 Å². The third-order valence-corrected chi connectivity index (χ3v) is 2.61. The zero-order chi connectivity index (χ0) is 13.0. The molecule has 2 rings (SSSR count). The third kappa shape index (κ3) is 3.21. The minimum Gasteiger partial charge on any atom is -0.321 e. The van der Waals surface area contributed by atoms with E-state index in [9.17, 15) is 4.79 Å². The predicted octanol–water partition coefficient (Wildman–Crippen LogP) is 2.73. The monoisotopic (exact) mass is 261 g/mol. The number of aromatic nitrogens is 2. The molecule has 1 aromatic heterocycles. The average Bonchev–Trinajstić information content (AvgIpc) is 2.76. The van der Waals surface area contributed by atoms with Gasteiger partial charge in [0.1, 0.15) is 0 Å². The maximum absolute atomic E-state index is 11.7. The second kappa shape index (κ2) is 5.51. The lowest BCUT2D eigenvalue weighted by Crippen LogP contribution is -2.07. The Kier molecular flexibility index (Phi) is 3.79. The van der Waals surface area contributed by atoms with Gasteiger partial charge in [0.15, 0.2) is 0 Å². The molecule has 0 saturated heterocycles. The lowest BCUT2D eigenvalue weighted by molar-refractivity contribution is -0.111. The number of aryl methyl sites for hydroxylation is 1. The number of hydrogen-bond donors (Lipinski definition) is 1. The highest BCUT2D eigenvalue weighted by molar-refractivity contribution is 6.33. The van der Waals surface area contributed by atoms with Crippen LogP contribution in [0.4, 0.5) is 5.69 Å². The summed E-state index contributed by atoms with van der Waals surface area (Å²) in [6.07, 6.45) is 6.64. The SMILES string of the molecule is Cn1cc(/C=C/C(=O)Nc2ccccc2Cl)cn1.